The molecule has 9 aromatic carbocycles. The van der Waals surface area contributed by atoms with Gasteiger partial charge in [-0.2, -0.15) is 0 Å². The minimum Gasteiger partial charge on any atom is -0.247 e. The Kier molecular flexibility index (Phi) is 8.83. The summed E-state index contributed by atoms with van der Waals surface area (Å²) < 4.78 is 0. The highest BCUT2D eigenvalue weighted by atomic mass is 14.9. The Balaban J connectivity index is 1.000. The second kappa shape index (κ2) is 15.1. The first-order valence-corrected chi connectivity index (χ1v) is 20.3. The third kappa shape index (κ3) is 6.58. The van der Waals surface area contributed by atoms with E-state index in [1.54, 1.807) is 0 Å². The maximum atomic E-state index is 5.26. The average Bonchev–Trinajstić information content (AvgIpc) is 3.34. The minimum absolute atomic E-state index is 0.683. The molecule has 11 aromatic rings. The summed E-state index contributed by atoms with van der Waals surface area (Å²) in [7, 11) is 0. The first kappa shape index (κ1) is 35.2. The number of para-hydroxylation sites is 1. The fourth-order valence-electron chi connectivity index (χ4n) is 8.45. The molecule has 0 atom stereocenters. The Labute approximate surface area is 349 Å². The van der Waals surface area contributed by atoms with Gasteiger partial charge in [0, 0.05) is 38.4 Å². The fraction of sp³-hybridized carbons (Fsp3) is 0. The molecule has 0 amide bonds. The van der Waals surface area contributed by atoms with Gasteiger partial charge in [-0.1, -0.05) is 194 Å². The van der Waals surface area contributed by atoms with E-state index in [0.717, 1.165) is 78.1 Å². The van der Waals surface area contributed by atoms with Gasteiger partial charge in [0.1, 0.15) is 0 Å². The second-order valence-corrected chi connectivity index (χ2v) is 15.2. The largest absolute Gasteiger partial charge is 0.247 e. The van der Waals surface area contributed by atoms with Crippen LogP contribution < -0.4 is 0 Å². The maximum absolute atomic E-state index is 5.26. The van der Waals surface area contributed by atoms with Crippen LogP contribution in [0.3, 0.4) is 0 Å². The van der Waals surface area contributed by atoms with Gasteiger partial charge in [0.2, 0.25) is 0 Å². The molecule has 11 rings (SSSR count). The fourth-order valence-corrected chi connectivity index (χ4v) is 8.45. The van der Waals surface area contributed by atoms with Gasteiger partial charge in [-0.05, 0) is 74.5 Å². The van der Waals surface area contributed by atoms with Gasteiger partial charge in [-0.25, -0.2) is 15.0 Å². The van der Waals surface area contributed by atoms with Crippen molar-refractivity contribution in [3.63, 3.8) is 0 Å². The van der Waals surface area contributed by atoms with E-state index >= 15 is 0 Å². The number of pyridine rings is 1. The van der Waals surface area contributed by atoms with E-state index in [-0.39, 0.29) is 0 Å². The van der Waals surface area contributed by atoms with Gasteiger partial charge < -0.3 is 0 Å². The zero-order chi connectivity index (χ0) is 39.8. The van der Waals surface area contributed by atoms with Crippen molar-refractivity contribution in [3.05, 3.63) is 224 Å². The molecule has 0 bridgehead atoms. The highest BCUT2D eigenvalue weighted by molar-refractivity contribution is 6.22. The van der Waals surface area contributed by atoms with Crippen LogP contribution in [-0.4, -0.2) is 15.0 Å². The molecular formula is C57H37N3. The molecular weight excluding hydrogens is 727 g/mol. The Morgan fingerprint density at radius 2 is 0.717 bits per heavy atom. The molecule has 2 heterocycles. The number of hydrogen-bond acceptors (Lipinski definition) is 3. The van der Waals surface area contributed by atoms with Gasteiger partial charge in [0.05, 0.1) is 22.6 Å². The molecule has 0 aliphatic heterocycles. The standard InChI is InChI=1S/C57H37N3/c1-3-14-38(15-4-1)43-19-11-22-46(34-43)53-37-54(60-57(59-53)48-24-13-21-45(36-48)39-16-5-2-6-17-39)47-23-12-20-44(35-47)40-28-30-42(31-29-40)56-51-33-32-41-18-7-8-25-49(41)55(51)50-26-9-10-27-52(50)58-56/h1-37H. The SMILES string of the molecule is c1ccc(-c2cccc(-c3cc(-c4cccc(-c5ccc(-c6nc7ccccc7c7c6ccc6ccccc67)cc5)c4)nc(-c4cccc(-c5ccccc5)c4)n3)c2)cc1. The van der Waals surface area contributed by atoms with Crippen molar-refractivity contribution >= 4 is 32.4 Å². The summed E-state index contributed by atoms with van der Waals surface area (Å²) in [5.41, 5.74) is 14.7. The van der Waals surface area contributed by atoms with Gasteiger partial charge in [-0.3, -0.25) is 0 Å². The van der Waals surface area contributed by atoms with Crippen molar-refractivity contribution in [1.29, 1.82) is 0 Å². The summed E-state index contributed by atoms with van der Waals surface area (Å²) in [6, 6.07) is 79.2. The first-order chi connectivity index (χ1) is 29.7. The van der Waals surface area contributed by atoms with Crippen LogP contribution >= 0.6 is 0 Å². The van der Waals surface area contributed by atoms with Crippen molar-refractivity contribution in [3.8, 4) is 78.5 Å². The number of hydrogen-bond donors (Lipinski definition) is 0. The third-order valence-corrected chi connectivity index (χ3v) is 11.5. The lowest BCUT2D eigenvalue weighted by atomic mass is 9.94. The molecule has 0 fully saturated rings. The lowest BCUT2D eigenvalue weighted by Gasteiger charge is -2.13. The molecule has 280 valence electrons. The number of fused-ring (bicyclic) bond motifs is 5. The number of aromatic nitrogens is 3. The van der Waals surface area contributed by atoms with Crippen LogP contribution in [0.4, 0.5) is 0 Å². The van der Waals surface area contributed by atoms with Gasteiger partial charge in [-0.15, -0.1) is 0 Å². The zero-order valence-corrected chi connectivity index (χ0v) is 32.7. The van der Waals surface area contributed by atoms with Crippen LogP contribution in [0.15, 0.2) is 224 Å². The van der Waals surface area contributed by atoms with Crippen LogP contribution in [0.1, 0.15) is 0 Å². The summed E-state index contributed by atoms with van der Waals surface area (Å²) in [4.78, 5) is 15.7. The topological polar surface area (TPSA) is 38.7 Å². The lowest BCUT2D eigenvalue weighted by molar-refractivity contribution is 1.18. The van der Waals surface area contributed by atoms with Crippen molar-refractivity contribution < 1.29 is 0 Å². The highest BCUT2D eigenvalue weighted by Crippen LogP contribution is 2.38. The van der Waals surface area contributed by atoms with Crippen molar-refractivity contribution in [1.82, 2.24) is 15.0 Å². The summed E-state index contributed by atoms with van der Waals surface area (Å²) >= 11 is 0. The summed E-state index contributed by atoms with van der Waals surface area (Å²) in [5, 5.41) is 6.04. The van der Waals surface area contributed by atoms with Crippen LogP contribution in [0.5, 0.6) is 0 Å². The Morgan fingerprint density at radius 3 is 1.35 bits per heavy atom. The van der Waals surface area contributed by atoms with Crippen molar-refractivity contribution in [2.75, 3.05) is 0 Å². The molecule has 0 aliphatic rings. The molecule has 3 heteroatoms. The van der Waals surface area contributed by atoms with E-state index in [0.29, 0.717) is 5.82 Å². The Bertz CT molecular complexity index is 3240. The summed E-state index contributed by atoms with van der Waals surface area (Å²) in [5.74, 6) is 0.683. The van der Waals surface area contributed by atoms with E-state index in [9.17, 15) is 0 Å². The first-order valence-electron chi connectivity index (χ1n) is 20.3. The predicted octanol–water partition coefficient (Wildman–Crippen LogP) is 15.0. The Hall–Kier alpha value is -8.01. The number of rotatable bonds is 7. The predicted molar refractivity (Wildman–Crippen MR) is 250 cm³/mol. The summed E-state index contributed by atoms with van der Waals surface area (Å²) in [6.07, 6.45) is 0. The quantitative estimate of drug-likeness (QED) is 0.152. The maximum Gasteiger partial charge on any atom is 0.160 e. The van der Waals surface area contributed by atoms with E-state index in [2.05, 4.69) is 212 Å². The molecule has 0 unspecified atom stereocenters. The zero-order valence-electron chi connectivity index (χ0n) is 32.7. The summed E-state index contributed by atoms with van der Waals surface area (Å²) in [6.45, 7) is 0. The molecule has 3 nitrogen and oxygen atoms in total. The number of nitrogens with zero attached hydrogens (tertiary/aromatic N) is 3. The van der Waals surface area contributed by atoms with Crippen molar-refractivity contribution in [2.24, 2.45) is 0 Å². The molecule has 0 radical (unpaired) electrons. The highest BCUT2D eigenvalue weighted by Gasteiger charge is 2.16. The molecule has 0 spiro atoms. The Morgan fingerprint density at radius 1 is 0.250 bits per heavy atom. The molecule has 0 saturated carbocycles. The average molecular weight is 764 g/mol. The van der Waals surface area contributed by atoms with E-state index < -0.39 is 0 Å². The van der Waals surface area contributed by atoms with Crippen molar-refractivity contribution in [2.45, 2.75) is 0 Å². The minimum atomic E-state index is 0.683. The third-order valence-electron chi connectivity index (χ3n) is 11.5. The van der Waals surface area contributed by atoms with E-state index in [1.807, 2.05) is 12.1 Å². The molecule has 0 aliphatic carbocycles. The normalized spacial score (nSPS) is 11.3. The van der Waals surface area contributed by atoms with Gasteiger partial charge in [0.15, 0.2) is 5.82 Å². The number of benzene rings is 9. The molecule has 60 heavy (non-hydrogen) atoms. The monoisotopic (exact) mass is 763 g/mol. The smallest absolute Gasteiger partial charge is 0.160 e. The van der Waals surface area contributed by atoms with Crippen LogP contribution in [0.25, 0.3) is 111 Å². The van der Waals surface area contributed by atoms with Crippen LogP contribution in [-0.2, 0) is 0 Å². The molecule has 0 saturated heterocycles. The lowest BCUT2D eigenvalue weighted by Crippen LogP contribution is -1.96. The molecule has 0 N–H and O–H groups in total. The van der Waals surface area contributed by atoms with Gasteiger partial charge >= 0.3 is 0 Å². The van der Waals surface area contributed by atoms with E-state index in [4.69, 9.17) is 15.0 Å². The van der Waals surface area contributed by atoms with Crippen LogP contribution in [0, 0.1) is 0 Å². The van der Waals surface area contributed by atoms with Crippen LogP contribution in [0.2, 0.25) is 0 Å². The molecule has 2 aromatic heterocycles. The second-order valence-electron chi connectivity index (χ2n) is 15.2. The van der Waals surface area contributed by atoms with E-state index in [1.165, 1.54) is 27.1 Å². The van der Waals surface area contributed by atoms with Gasteiger partial charge in [0.25, 0.3) is 0 Å².